The van der Waals surface area contributed by atoms with E-state index in [4.69, 9.17) is 4.74 Å². The fourth-order valence-corrected chi connectivity index (χ4v) is 2.14. The molecule has 2 atom stereocenters. The minimum absolute atomic E-state index is 0.168. The topological polar surface area (TPSA) is 84.5 Å². The summed E-state index contributed by atoms with van der Waals surface area (Å²) < 4.78 is 5.09. The second-order valence-corrected chi connectivity index (χ2v) is 5.44. The molecule has 1 saturated heterocycles. The van der Waals surface area contributed by atoms with E-state index < -0.39 is 18.1 Å². The highest BCUT2D eigenvalue weighted by Gasteiger charge is 2.30. The predicted molar refractivity (Wildman–Crippen MR) is 79.7 cm³/mol. The summed E-state index contributed by atoms with van der Waals surface area (Å²) >= 11 is 0. The van der Waals surface area contributed by atoms with Crippen molar-refractivity contribution in [3.63, 3.8) is 0 Å². The van der Waals surface area contributed by atoms with Crippen LogP contribution in [-0.4, -0.2) is 29.9 Å². The van der Waals surface area contributed by atoms with Gasteiger partial charge in [-0.1, -0.05) is 29.8 Å². The summed E-state index contributed by atoms with van der Waals surface area (Å²) in [4.78, 5) is 34.8. The summed E-state index contributed by atoms with van der Waals surface area (Å²) in [6, 6.07) is 7.15. The summed E-state index contributed by atoms with van der Waals surface area (Å²) in [5.74, 6) is -1.10. The number of esters is 1. The highest BCUT2D eigenvalue weighted by atomic mass is 16.5. The lowest BCUT2D eigenvalue weighted by molar-refractivity contribution is -0.156. The van der Waals surface area contributed by atoms with Gasteiger partial charge in [-0.15, -0.1) is 0 Å². The fourth-order valence-electron chi connectivity index (χ4n) is 2.14. The zero-order valence-electron chi connectivity index (χ0n) is 12.7. The lowest BCUT2D eigenvalue weighted by Crippen LogP contribution is -2.41. The molecule has 0 unspecified atom stereocenters. The lowest BCUT2D eigenvalue weighted by atomic mass is 10.1. The van der Waals surface area contributed by atoms with E-state index in [1.54, 1.807) is 0 Å². The smallest absolute Gasteiger partial charge is 0.329 e. The van der Waals surface area contributed by atoms with Crippen molar-refractivity contribution < 1.29 is 19.1 Å². The van der Waals surface area contributed by atoms with Crippen LogP contribution in [0.5, 0.6) is 0 Å². The van der Waals surface area contributed by atoms with Crippen molar-refractivity contribution in [2.45, 2.75) is 45.4 Å². The second kappa shape index (κ2) is 7.06. The van der Waals surface area contributed by atoms with Crippen molar-refractivity contribution in [2.75, 3.05) is 0 Å². The van der Waals surface area contributed by atoms with Crippen molar-refractivity contribution in [2.24, 2.45) is 0 Å². The van der Waals surface area contributed by atoms with E-state index in [1.807, 2.05) is 31.2 Å². The van der Waals surface area contributed by atoms with Crippen molar-refractivity contribution >= 4 is 17.8 Å². The number of rotatable bonds is 5. The van der Waals surface area contributed by atoms with E-state index in [1.165, 1.54) is 6.92 Å². The number of hydrogen-bond acceptors (Lipinski definition) is 4. The van der Waals surface area contributed by atoms with Gasteiger partial charge in [-0.05, 0) is 25.8 Å². The Morgan fingerprint density at radius 3 is 2.64 bits per heavy atom. The molecule has 22 heavy (non-hydrogen) atoms. The second-order valence-electron chi connectivity index (χ2n) is 5.44. The summed E-state index contributed by atoms with van der Waals surface area (Å²) in [7, 11) is 0. The standard InChI is InChI=1S/C16H20N2O4/c1-10-3-5-12(6-4-10)9-17-15(20)11(2)22-16(21)13-7-8-14(19)18-13/h3-6,11,13H,7-9H2,1-2H3,(H,17,20)(H,18,19)/t11-,13+/m0/s1. The van der Waals surface area contributed by atoms with Crippen molar-refractivity contribution in [3.8, 4) is 0 Å². The number of hydrogen-bond donors (Lipinski definition) is 2. The zero-order valence-corrected chi connectivity index (χ0v) is 12.7. The molecule has 1 aromatic rings. The summed E-state index contributed by atoms with van der Waals surface area (Å²) in [5.41, 5.74) is 2.12. The third kappa shape index (κ3) is 4.31. The average molecular weight is 304 g/mol. The molecule has 1 aliphatic heterocycles. The molecule has 2 amide bonds. The Bertz CT molecular complexity index is 568. The summed E-state index contributed by atoms with van der Waals surface area (Å²) in [6.45, 7) is 3.88. The SMILES string of the molecule is Cc1ccc(CNC(=O)[C@H](C)OC(=O)[C@H]2CCC(=O)N2)cc1. The molecule has 6 nitrogen and oxygen atoms in total. The van der Waals surface area contributed by atoms with E-state index in [-0.39, 0.29) is 11.8 Å². The maximum absolute atomic E-state index is 11.9. The van der Waals surface area contributed by atoms with Crippen LogP contribution in [0.3, 0.4) is 0 Å². The van der Waals surface area contributed by atoms with Crippen molar-refractivity contribution in [3.05, 3.63) is 35.4 Å². The molecule has 1 fully saturated rings. The quantitative estimate of drug-likeness (QED) is 0.789. The third-order valence-corrected chi connectivity index (χ3v) is 3.53. The maximum Gasteiger partial charge on any atom is 0.329 e. The Morgan fingerprint density at radius 1 is 1.36 bits per heavy atom. The van der Waals surface area contributed by atoms with Gasteiger partial charge in [0.25, 0.3) is 5.91 Å². The highest BCUT2D eigenvalue weighted by molar-refractivity contribution is 5.90. The Balaban J connectivity index is 1.78. The van der Waals surface area contributed by atoms with Gasteiger partial charge in [0.05, 0.1) is 0 Å². The van der Waals surface area contributed by atoms with Crippen LogP contribution in [0.25, 0.3) is 0 Å². The van der Waals surface area contributed by atoms with Gasteiger partial charge in [0.1, 0.15) is 6.04 Å². The van der Waals surface area contributed by atoms with Crippen LogP contribution in [0.4, 0.5) is 0 Å². The number of amides is 2. The van der Waals surface area contributed by atoms with Gasteiger partial charge in [-0.25, -0.2) is 4.79 Å². The van der Waals surface area contributed by atoms with Crippen molar-refractivity contribution in [1.29, 1.82) is 0 Å². The van der Waals surface area contributed by atoms with E-state index in [0.29, 0.717) is 19.4 Å². The minimum atomic E-state index is -0.893. The summed E-state index contributed by atoms with van der Waals surface area (Å²) in [5, 5.41) is 5.24. The van der Waals surface area contributed by atoms with E-state index >= 15 is 0 Å². The predicted octanol–water partition coefficient (Wildman–Crippen LogP) is 0.822. The largest absolute Gasteiger partial charge is 0.451 e. The van der Waals surface area contributed by atoms with Crippen LogP contribution in [0, 0.1) is 6.92 Å². The normalized spacial score (nSPS) is 18.5. The van der Waals surface area contributed by atoms with Gasteiger partial charge >= 0.3 is 5.97 Å². The fraction of sp³-hybridized carbons (Fsp3) is 0.438. The molecule has 6 heteroatoms. The first-order valence-corrected chi connectivity index (χ1v) is 7.29. The van der Waals surface area contributed by atoms with Crippen LogP contribution >= 0.6 is 0 Å². The average Bonchev–Trinajstić information content (AvgIpc) is 2.93. The van der Waals surface area contributed by atoms with Crippen LogP contribution in [0.2, 0.25) is 0 Å². The molecule has 2 rings (SSSR count). The minimum Gasteiger partial charge on any atom is -0.451 e. The first kappa shape index (κ1) is 16.0. The Hall–Kier alpha value is -2.37. The summed E-state index contributed by atoms with van der Waals surface area (Å²) in [6.07, 6.45) is -0.168. The molecule has 1 heterocycles. The van der Waals surface area contributed by atoms with Crippen LogP contribution in [0.15, 0.2) is 24.3 Å². The zero-order chi connectivity index (χ0) is 16.1. The van der Waals surface area contributed by atoms with Crippen LogP contribution in [-0.2, 0) is 25.7 Å². The molecular weight excluding hydrogens is 284 g/mol. The lowest BCUT2D eigenvalue weighted by Gasteiger charge is -2.16. The molecule has 0 bridgehead atoms. The molecular formula is C16H20N2O4. The van der Waals surface area contributed by atoms with Gasteiger partial charge in [-0.2, -0.15) is 0 Å². The Morgan fingerprint density at radius 2 is 2.05 bits per heavy atom. The first-order valence-electron chi connectivity index (χ1n) is 7.29. The molecule has 0 radical (unpaired) electrons. The number of carbonyl (C=O) groups is 3. The number of aryl methyl sites for hydroxylation is 1. The van der Waals surface area contributed by atoms with Gasteiger partial charge in [-0.3, -0.25) is 9.59 Å². The van der Waals surface area contributed by atoms with Gasteiger partial charge in [0, 0.05) is 13.0 Å². The van der Waals surface area contributed by atoms with E-state index in [9.17, 15) is 14.4 Å². The number of benzene rings is 1. The van der Waals surface area contributed by atoms with Gasteiger partial charge < -0.3 is 15.4 Å². The molecule has 1 aromatic carbocycles. The number of carbonyl (C=O) groups excluding carboxylic acids is 3. The highest BCUT2D eigenvalue weighted by Crippen LogP contribution is 2.09. The first-order chi connectivity index (χ1) is 10.5. The monoisotopic (exact) mass is 304 g/mol. The number of nitrogens with one attached hydrogen (secondary N) is 2. The van der Waals surface area contributed by atoms with E-state index in [2.05, 4.69) is 10.6 Å². The van der Waals surface area contributed by atoms with Gasteiger partial charge in [0.2, 0.25) is 5.91 Å². The molecule has 0 spiro atoms. The van der Waals surface area contributed by atoms with Crippen LogP contribution < -0.4 is 10.6 Å². The molecule has 1 aliphatic rings. The molecule has 0 aliphatic carbocycles. The van der Waals surface area contributed by atoms with Crippen molar-refractivity contribution in [1.82, 2.24) is 10.6 Å². The molecule has 0 saturated carbocycles. The van der Waals surface area contributed by atoms with Crippen LogP contribution in [0.1, 0.15) is 30.9 Å². The molecule has 2 N–H and O–H groups in total. The molecule has 0 aromatic heterocycles. The van der Waals surface area contributed by atoms with E-state index in [0.717, 1.165) is 11.1 Å². The van der Waals surface area contributed by atoms with Gasteiger partial charge in [0.15, 0.2) is 6.10 Å². The molecule has 118 valence electrons. The number of ether oxygens (including phenoxy) is 1. The Labute approximate surface area is 129 Å². The third-order valence-electron chi connectivity index (χ3n) is 3.53. The Kier molecular flexibility index (Phi) is 5.14. The maximum atomic E-state index is 11.9.